The van der Waals surface area contributed by atoms with E-state index in [0.29, 0.717) is 52.6 Å². The second-order valence-electron chi connectivity index (χ2n) is 20.7. The summed E-state index contributed by atoms with van der Waals surface area (Å²) < 4.78 is 12.0. The Hall–Kier alpha value is -7.21. The van der Waals surface area contributed by atoms with Gasteiger partial charge in [0.05, 0.1) is 33.9 Å². The van der Waals surface area contributed by atoms with Crippen molar-refractivity contribution < 1.29 is 24.2 Å². The van der Waals surface area contributed by atoms with Crippen LogP contribution in [0.1, 0.15) is 101 Å². The Morgan fingerprint density at radius 2 is 1.21 bits per heavy atom. The number of carboxylic acids is 1. The van der Waals surface area contributed by atoms with E-state index >= 15 is 0 Å². The lowest BCUT2D eigenvalue weighted by molar-refractivity contribution is -0.134. The number of hydrogen-bond donors (Lipinski definition) is 4. The maximum atomic E-state index is 11.9. The quantitative estimate of drug-likeness (QED) is 0.0362. The number of aryl methyl sites for hydroxylation is 5. The molecule has 2 aliphatic rings. The van der Waals surface area contributed by atoms with E-state index in [4.69, 9.17) is 30.1 Å². The Kier molecular flexibility index (Phi) is 17.9. The zero-order chi connectivity index (χ0) is 55.3. The Balaban J connectivity index is 0.000000182. The molecule has 2 atom stereocenters. The van der Waals surface area contributed by atoms with Gasteiger partial charge in [-0.25, -0.2) is 40.7 Å². The minimum atomic E-state index is -1.91. The first-order chi connectivity index (χ1) is 35.2. The van der Waals surface area contributed by atoms with E-state index in [0.717, 1.165) is 72.9 Å². The Morgan fingerprint density at radius 3 is 1.65 bits per heavy atom. The van der Waals surface area contributed by atoms with E-state index in [9.17, 15) is 9.90 Å². The standard InChI is InChI=1S/C21H24N8O.C16H19N7.C13H28N2O2Si.C2H4O2/c1-12(30)20-24-14(3)26-29(20)19-9-18(22-13(2)23-19)28-10-15(11-28)21-25-16-7-5-6-8-17(16)27(21)4;1-10-18-14(21-17)7-15(19-10)23-8-11(9-23)16-20-12-5-3-4-6-13(12)22(16)2;1-10(12(16)14-11(2)15(6)7)17-18(8,9)13(3,4)5;1-2(3)4/h5-9,12,15,30H,10-11H2,1-4H3;3-7,11H,8-9,17H2,1-2H3,(H,18,19,21);10H,1-9H3;1H3,(H,3,4)/t12-;;10-;/m1.1./s1. The molecule has 0 unspecified atom stereocenters. The molecule has 2 saturated heterocycles. The fraction of sp³-hybridized carbons (Fsp3) is 0.481. The lowest BCUT2D eigenvalue weighted by atomic mass is 9.99. The summed E-state index contributed by atoms with van der Waals surface area (Å²) in [6.07, 6.45) is -1.21. The van der Waals surface area contributed by atoms with Gasteiger partial charge in [-0.3, -0.25) is 9.59 Å². The number of aliphatic hydroxyl groups is 1. The summed E-state index contributed by atoms with van der Waals surface area (Å²) in [7, 11) is 5.98. The van der Waals surface area contributed by atoms with Crippen LogP contribution in [0.4, 0.5) is 17.5 Å². The first-order valence-electron chi connectivity index (χ1n) is 24.9. The number of para-hydroxylation sites is 4. The van der Waals surface area contributed by atoms with Crippen molar-refractivity contribution in [3.8, 4) is 5.82 Å². The fourth-order valence-corrected chi connectivity index (χ4v) is 9.54. The van der Waals surface area contributed by atoms with Crippen LogP contribution in [-0.4, -0.2) is 141 Å². The topological polar surface area (TPSA) is 262 Å². The Bertz CT molecular complexity index is 3140. The highest BCUT2D eigenvalue weighted by Gasteiger charge is 2.40. The molecule has 2 fully saturated rings. The van der Waals surface area contributed by atoms with Crippen LogP contribution in [0, 0.1) is 20.8 Å². The maximum absolute atomic E-state index is 11.9. The van der Waals surface area contributed by atoms with Gasteiger partial charge in [0, 0.05) is 73.4 Å². The zero-order valence-electron chi connectivity index (χ0n) is 46.3. The monoisotopic (exact) mass is 1050 g/mol. The van der Waals surface area contributed by atoms with Crippen molar-refractivity contribution in [2.45, 2.75) is 111 Å². The van der Waals surface area contributed by atoms with Crippen LogP contribution in [0.5, 0.6) is 0 Å². The zero-order valence-corrected chi connectivity index (χ0v) is 47.3. The molecule has 0 bridgehead atoms. The SMILES string of the molecule is CC(=NC(=O)[C@@H](C)O[Si](C)(C)C(C)(C)C)N(C)C.CC(=O)O.Cc1nc(N2CC(c3nc4ccccc4n3C)C2)cc(-n2nc(C)nc2[C@@H](C)O)n1.Cc1nc(NN)cc(N2CC(c3nc4ccccc4n3C)C2)n1. The number of aliphatic imine (C=N–C) groups is 1. The number of carboxylic acid groups (broad SMARTS) is 1. The first-order valence-corrected chi connectivity index (χ1v) is 27.8. The number of aromatic nitrogens is 11. The number of hydrogen-bond acceptors (Lipinski definition) is 16. The highest BCUT2D eigenvalue weighted by molar-refractivity contribution is 6.74. The molecule has 402 valence electrons. The van der Waals surface area contributed by atoms with Gasteiger partial charge in [-0.15, -0.1) is 5.10 Å². The van der Waals surface area contributed by atoms with Gasteiger partial charge in [-0.1, -0.05) is 45.0 Å². The Morgan fingerprint density at radius 1 is 0.760 bits per heavy atom. The van der Waals surface area contributed by atoms with E-state index < -0.39 is 26.5 Å². The highest BCUT2D eigenvalue weighted by Crippen LogP contribution is 2.38. The average Bonchev–Trinajstić information content (AvgIpc) is 3.97. The largest absolute Gasteiger partial charge is 0.481 e. The van der Waals surface area contributed by atoms with E-state index in [1.165, 1.54) is 5.52 Å². The van der Waals surface area contributed by atoms with Crippen molar-refractivity contribution in [2.24, 2.45) is 24.9 Å². The van der Waals surface area contributed by atoms with Gasteiger partial charge in [-0.2, -0.15) is 9.67 Å². The van der Waals surface area contributed by atoms with E-state index in [1.807, 2.05) is 76.2 Å². The lowest BCUT2D eigenvalue weighted by Crippen LogP contribution is -2.46. The number of nitrogens with one attached hydrogen (secondary N) is 1. The van der Waals surface area contributed by atoms with Crippen molar-refractivity contribution in [2.75, 3.05) is 55.5 Å². The molecule has 7 heterocycles. The number of amides is 1. The number of nitrogens with zero attached hydrogens (tertiary/aromatic N) is 15. The number of nitrogen functional groups attached to an aromatic ring is 1. The lowest BCUT2D eigenvalue weighted by Gasteiger charge is -2.39. The smallest absolute Gasteiger partial charge is 0.300 e. The molecular formula is C52H75N17O5Si. The summed E-state index contributed by atoms with van der Waals surface area (Å²) in [4.78, 5) is 63.0. The number of aliphatic hydroxyl groups excluding tert-OH is 1. The summed E-state index contributed by atoms with van der Waals surface area (Å²) in [5, 5.41) is 22.0. The summed E-state index contributed by atoms with van der Waals surface area (Å²) in [6, 6.07) is 20.2. The average molecular weight is 1050 g/mol. The van der Waals surface area contributed by atoms with Gasteiger partial charge < -0.3 is 43.9 Å². The number of benzene rings is 2. The van der Waals surface area contributed by atoms with E-state index in [1.54, 1.807) is 25.5 Å². The van der Waals surface area contributed by atoms with Crippen molar-refractivity contribution >= 4 is 65.5 Å². The number of imidazole rings is 2. The third kappa shape index (κ3) is 13.7. The van der Waals surface area contributed by atoms with Gasteiger partial charge in [0.2, 0.25) is 0 Å². The van der Waals surface area contributed by atoms with E-state index in [-0.39, 0.29) is 10.9 Å². The molecule has 0 spiro atoms. The summed E-state index contributed by atoms with van der Waals surface area (Å²) in [5.41, 5.74) is 6.99. The van der Waals surface area contributed by atoms with Crippen LogP contribution in [0.15, 0.2) is 65.7 Å². The third-order valence-corrected chi connectivity index (χ3v) is 18.0. The normalized spacial score (nSPS) is 14.9. The fourth-order valence-electron chi connectivity index (χ4n) is 8.20. The van der Waals surface area contributed by atoms with Crippen molar-refractivity contribution in [3.05, 3.63) is 95.6 Å². The molecule has 23 heteroatoms. The second kappa shape index (κ2) is 23.6. The molecule has 0 saturated carbocycles. The Labute approximate surface area is 440 Å². The molecule has 2 aliphatic heterocycles. The number of nitrogens with two attached hydrogens (primary N) is 1. The first kappa shape index (κ1) is 57.1. The number of anilines is 3. The number of aliphatic carboxylic acids is 1. The molecule has 7 aromatic rings. The number of hydrazine groups is 1. The molecule has 0 radical (unpaired) electrons. The van der Waals surface area contributed by atoms with Crippen molar-refractivity contribution in [1.29, 1.82) is 0 Å². The van der Waals surface area contributed by atoms with E-state index in [2.05, 4.69) is 132 Å². The highest BCUT2D eigenvalue weighted by atomic mass is 28.4. The number of fused-ring (bicyclic) bond motifs is 2. The summed E-state index contributed by atoms with van der Waals surface area (Å²) >= 11 is 0. The molecule has 0 aliphatic carbocycles. The molecule has 9 rings (SSSR count). The molecule has 1 amide bonds. The van der Waals surface area contributed by atoms with Gasteiger partial charge in [-0.05, 0) is 83.9 Å². The van der Waals surface area contributed by atoms with Crippen LogP contribution in [-0.2, 0) is 28.1 Å². The van der Waals surface area contributed by atoms with Crippen LogP contribution < -0.4 is 21.1 Å². The van der Waals surface area contributed by atoms with Crippen LogP contribution in [0.2, 0.25) is 18.1 Å². The maximum Gasteiger partial charge on any atom is 0.300 e. The molecular weight excluding hydrogens is 971 g/mol. The summed E-state index contributed by atoms with van der Waals surface area (Å²) in [6.45, 7) is 26.1. The number of carbonyl (C=O) groups is 2. The molecule has 22 nitrogen and oxygen atoms in total. The molecule has 5 N–H and O–H groups in total. The molecule has 5 aromatic heterocycles. The molecule has 2 aromatic carbocycles. The minimum Gasteiger partial charge on any atom is -0.481 e. The van der Waals surface area contributed by atoms with Crippen LogP contribution >= 0.6 is 0 Å². The third-order valence-electron chi connectivity index (χ3n) is 13.4. The van der Waals surface area contributed by atoms with Crippen molar-refractivity contribution in [3.63, 3.8) is 0 Å². The van der Waals surface area contributed by atoms with Crippen LogP contribution in [0.3, 0.4) is 0 Å². The predicted molar refractivity (Wildman–Crippen MR) is 296 cm³/mol. The second-order valence-corrected chi connectivity index (χ2v) is 25.5. The predicted octanol–water partition coefficient (Wildman–Crippen LogP) is 6.77. The number of carbonyl (C=O) groups excluding carboxylic acids is 1. The van der Waals surface area contributed by atoms with Gasteiger partial charge in [0.25, 0.3) is 11.9 Å². The minimum absolute atomic E-state index is 0.0991. The number of amidine groups is 1. The van der Waals surface area contributed by atoms with Gasteiger partial charge in [0.15, 0.2) is 20.0 Å². The summed E-state index contributed by atoms with van der Waals surface area (Å²) in [5.74, 6) is 13.5. The van der Waals surface area contributed by atoms with Gasteiger partial charge >= 0.3 is 0 Å². The molecule has 75 heavy (non-hydrogen) atoms. The van der Waals surface area contributed by atoms with Gasteiger partial charge in [0.1, 0.15) is 64.6 Å². The number of rotatable bonds is 10. The van der Waals surface area contributed by atoms with Crippen molar-refractivity contribution in [1.82, 2.24) is 58.7 Å². The van der Waals surface area contributed by atoms with Crippen LogP contribution in [0.25, 0.3) is 27.9 Å².